The van der Waals surface area contributed by atoms with Gasteiger partial charge < -0.3 is 15.4 Å². The minimum atomic E-state index is -1.25. The topological polar surface area (TPSA) is 124 Å². The van der Waals surface area contributed by atoms with Gasteiger partial charge in [-0.1, -0.05) is 37.3 Å². The van der Waals surface area contributed by atoms with Gasteiger partial charge in [-0.3, -0.25) is 14.9 Å². The fourth-order valence-corrected chi connectivity index (χ4v) is 3.41. The second-order valence-corrected chi connectivity index (χ2v) is 7.13. The number of nitrogens with zero attached hydrogens (tertiary/aromatic N) is 1. The number of carboxylic acid groups (broad SMARTS) is 1. The monoisotopic (exact) mass is 428 g/mol. The molecule has 160 valence electrons. The third-order valence-electron chi connectivity index (χ3n) is 4.98. The Bertz CT molecular complexity index is 1340. The summed E-state index contributed by atoms with van der Waals surface area (Å²) < 4.78 is 0. The Morgan fingerprint density at radius 3 is 2.47 bits per heavy atom. The molecule has 0 saturated heterocycles. The molecule has 2 amide bonds. The molecule has 0 spiro atoms. The first kappa shape index (κ1) is 20.8. The first-order chi connectivity index (χ1) is 15.4. The second-order valence-electron chi connectivity index (χ2n) is 7.13. The summed E-state index contributed by atoms with van der Waals surface area (Å²) in [5.74, 6) is -0.647. The van der Waals surface area contributed by atoms with E-state index in [1.807, 2.05) is 25.1 Å². The van der Waals surface area contributed by atoms with Crippen molar-refractivity contribution in [1.82, 2.24) is 9.97 Å². The zero-order valence-corrected chi connectivity index (χ0v) is 17.2. The summed E-state index contributed by atoms with van der Waals surface area (Å²) in [6, 6.07) is 19.0. The standard InChI is InChI=1S/C24H20N4O4/c1-2-14-6-5-7-16(12-14)25-22(30)18-9-4-3-8-17(18)21(29)15-10-11-19-20(13-15)27-23(26-19)28-24(31)32/h3-13H,2H2,1H3,(H,25,30)(H,31,32)(H2,26,27,28). The number of nitrogens with one attached hydrogen (secondary N) is 3. The molecule has 0 aliphatic rings. The van der Waals surface area contributed by atoms with Gasteiger partial charge in [-0.2, -0.15) is 0 Å². The molecular formula is C24H20N4O4. The first-order valence-corrected chi connectivity index (χ1v) is 9.98. The molecule has 0 atom stereocenters. The highest BCUT2D eigenvalue weighted by Gasteiger charge is 2.19. The van der Waals surface area contributed by atoms with Gasteiger partial charge >= 0.3 is 6.09 Å². The lowest BCUT2D eigenvalue weighted by Crippen LogP contribution is -2.17. The molecule has 1 heterocycles. The average molecular weight is 428 g/mol. The van der Waals surface area contributed by atoms with Gasteiger partial charge in [0, 0.05) is 16.8 Å². The van der Waals surface area contributed by atoms with Crippen molar-refractivity contribution in [2.75, 3.05) is 10.6 Å². The maximum atomic E-state index is 13.2. The van der Waals surface area contributed by atoms with Crippen LogP contribution in [0.15, 0.2) is 66.7 Å². The van der Waals surface area contributed by atoms with Crippen molar-refractivity contribution in [2.24, 2.45) is 0 Å². The van der Waals surface area contributed by atoms with Crippen LogP contribution in [0.1, 0.15) is 38.8 Å². The Morgan fingerprint density at radius 1 is 0.938 bits per heavy atom. The number of aromatic nitrogens is 2. The lowest BCUT2D eigenvalue weighted by atomic mass is 9.97. The maximum absolute atomic E-state index is 13.2. The zero-order valence-electron chi connectivity index (χ0n) is 17.2. The number of carbonyl (C=O) groups is 3. The number of rotatable bonds is 6. The Hall–Kier alpha value is -4.46. The van der Waals surface area contributed by atoms with Gasteiger partial charge in [0.25, 0.3) is 5.91 Å². The van der Waals surface area contributed by atoms with Gasteiger partial charge in [-0.05, 0) is 48.4 Å². The van der Waals surface area contributed by atoms with Crippen LogP contribution in [0.25, 0.3) is 11.0 Å². The molecule has 0 aliphatic heterocycles. The maximum Gasteiger partial charge on any atom is 0.411 e. The predicted octanol–water partition coefficient (Wildman–Crippen LogP) is 4.70. The highest BCUT2D eigenvalue weighted by molar-refractivity contribution is 6.18. The minimum absolute atomic E-state index is 0.0613. The summed E-state index contributed by atoms with van der Waals surface area (Å²) in [6.07, 6.45) is -0.400. The number of carbonyl (C=O) groups excluding carboxylic acids is 2. The van der Waals surface area contributed by atoms with E-state index in [0.717, 1.165) is 12.0 Å². The van der Waals surface area contributed by atoms with Crippen LogP contribution in [-0.4, -0.2) is 32.9 Å². The fourth-order valence-electron chi connectivity index (χ4n) is 3.41. The molecule has 8 nitrogen and oxygen atoms in total. The van der Waals surface area contributed by atoms with E-state index >= 15 is 0 Å². The van der Waals surface area contributed by atoms with Gasteiger partial charge in [0.15, 0.2) is 5.78 Å². The molecule has 8 heteroatoms. The van der Waals surface area contributed by atoms with Gasteiger partial charge in [-0.15, -0.1) is 0 Å². The zero-order chi connectivity index (χ0) is 22.7. The van der Waals surface area contributed by atoms with Crippen LogP contribution in [0, 0.1) is 0 Å². The summed E-state index contributed by atoms with van der Waals surface area (Å²) in [7, 11) is 0. The highest BCUT2D eigenvalue weighted by Crippen LogP contribution is 2.21. The van der Waals surface area contributed by atoms with E-state index in [1.165, 1.54) is 0 Å². The van der Waals surface area contributed by atoms with Crippen LogP contribution in [0.4, 0.5) is 16.4 Å². The molecule has 0 saturated carbocycles. The van der Waals surface area contributed by atoms with Gasteiger partial charge in [-0.25, -0.2) is 9.78 Å². The molecular weight excluding hydrogens is 408 g/mol. The van der Waals surface area contributed by atoms with Crippen molar-refractivity contribution in [2.45, 2.75) is 13.3 Å². The average Bonchev–Trinajstić information content (AvgIpc) is 3.19. The molecule has 1 aromatic heterocycles. The molecule has 0 fully saturated rings. The quantitative estimate of drug-likeness (QED) is 0.331. The molecule has 0 bridgehead atoms. The van der Waals surface area contributed by atoms with Crippen LogP contribution in [-0.2, 0) is 6.42 Å². The third kappa shape index (κ3) is 4.34. The lowest BCUT2D eigenvalue weighted by molar-refractivity contribution is 0.0996. The van der Waals surface area contributed by atoms with Crippen LogP contribution >= 0.6 is 0 Å². The van der Waals surface area contributed by atoms with Crippen molar-refractivity contribution >= 4 is 40.5 Å². The number of imidazole rings is 1. The van der Waals surface area contributed by atoms with Crippen molar-refractivity contribution < 1.29 is 19.5 Å². The van der Waals surface area contributed by atoms with E-state index in [1.54, 1.807) is 48.5 Å². The number of amides is 2. The second kappa shape index (κ2) is 8.73. The number of aromatic amines is 1. The number of ketones is 1. The smallest absolute Gasteiger partial charge is 0.411 e. The van der Waals surface area contributed by atoms with E-state index in [0.29, 0.717) is 22.3 Å². The fraction of sp³-hybridized carbons (Fsp3) is 0.0833. The van der Waals surface area contributed by atoms with E-state index in [9.17, 15) is 14.4 Å². The molecule has 3 aromatic carbocycles. The normalized spacial score (nSPS) is 10.7. The number of hydrogen-bond donors (Lipinski definition) is 4. The molecule has 0 unspecified atom stereocenters. The predicted molar refractivity (Wildman–Crippen MR) is 121 cm³/mol. The number of fused-ring (bicyclic) bond motifs is 1. The van der Waals surface area contributed by atoms with Crippen molar-refractivity contribution in [1.29, 1.82) is 0 Å². The van der Waals surface area contributed by atoms with Crippen molar-refractivity contribution in [3.63, 3.8) is 0 Å². The van der Waals surface area contributed by atoms with E-state index in [2.05, 4.69) is 20.6 Å². The molecule has 0 radical (unpaired) electrons. The first-order valence-electron chi connectivity index (χ1n) is 9.98. The Morgan fingerprint density at radius 2 is 1.72 bits per heavy atom. The van der Waals surface area contributed by atoms with Gasteiger partial charge in [0.05, 0.1) is 16.6 Å². The molecule has 4 rings (SSSR count). The summed E-state index contributed by atoms with van der Waals surface area (Å²) in [4.78, 5) is 43.9. The summed E-state index contributed by atoms with van der Waals surface area (Å²) in [5.41, 5.74) is 3.63. The summed E-state index contributed by atoms with van der Waals surface area (Å²) in [6.45, 7) is 2.03. The van der Waals surface area contributed by atoms with Gasteiger partial charge in [0.1, 0.15) is 0 Å². The SMILES string of the molecule is CCc1cccc(NC(=O)c2ccccc2C(=O)c2ccc3nc(NC(=O)O)[nH]c3c2)c1. The minimum Gasteiger partial charge on any atom is -0.465 e. The number of benzene rings is 3. The van der Waals surface area contributed by atoms with Gasteiger partial charge in [0.2, 0.25) is 5.95 Å². The molecule has 0 aliphatic carbocycles. The Kier molecular flexibility index (Phi) is 5.67. The van der Waals surface area contributed by atoms with Crippen LogP contribution in [0.3, 0.4) is 0 Å². The Balaban J connectivity index is 1.63. The lowest BCUT2D eigenvalue weighted by Gasteiger charge is -2.10. The summed E-state index contributed by atoms with van der Waals surface area (Å²) in [5, 5.41) is 13.8. The Labute approximate surface area is 183 Å². The molecule has 4 aromatic rings. The number of aryl methyl sites for hydroxylation is 1. The van der Waals surface area contributed by atoms with Crippen molar-refractivity contribution in [3.05, 3.63) is 89.0 Å². The van der Waals surface area contributed by atoms with Crippen LogP contribution in [0.2, 0.25) is 0 Å². The molecule has 4 N–H and O–H groups in total. The third-order valence-corrected chi connectivity index (χ3v) is 4.98. The number of H-pyrrole nitrogens is 1. The largest absolute Gasteiger partial charge is 0.465 e. The van der Waals surface area contributed by atoms with Crippen LogP contribution < -0.4 is 10.6 Å². The van der Waals surface area contributed by atoms with E-state index < -0.39 is 6.09 Å². The number of hydrogen-bond acceptors (Lipinski definition) is 4. The van der Waals surface area contributed by atoms with Crippen LogP contribution in [0.5, 0.6) is 0 Å². The number of anilines is 2. The van der Waals surface area contributed by atoms with E-state index in [4.69, 9.17) is 5.11 Å². The van der Waals surface area contributed by atoms with E-state index in [-0.39, 0.29) is 28.8 Å². The highest BCUT2D eigenvalue weighted by atomic mass is 16.4. The summed E-state index contributed by atoms with van der Waals surface area (Å²) >= 11 is 0. The molecule has 32 heavy (non-hydrogen) atoms. The van der Waals surface area contributed by atoms with Crippen molar-refractivity contribution in [3.8, 4) is 0 Å².